The fourth-order valence-corrected chi connectivity index (χ4v) is 2.97. The van der Waals surface area contributed by atoms with Crippen LogP contribution in [-0.4, -0.2) is 44.3 Å². The van der Waals surface area contributed by atoms with Crippen molar-refractivity contribution in [1.82, 2.24) is 10.6 Å². The van der Waals surface area contributed by atoms with Gasteiger partial charge in [0.25, 0.3) is 0 Å². The minimum absolute atomic E-state index is 0.0403. The van der Waals surface area contributed by atoms with E-state index in [2.05, 4.69) is 38.3 Å². The second-order valence-corrected chi connectivity index (χ2v) is 7.97. The first-order chi connectivity index (χ1) is 13.3. The van der Waals surface area contributed by atoms with Crippen LogP contribution in [0.5, 0.6) is 0 Å². The van der Waals surface area contributed by atoms with Gasteiger partial charge in [0.05, 0.1) is 12.7 Å². The summed E-state index contributed by atoms with van der Waals surface area (Å²) >= 11 is 0. The van der Waals surface area contributed by atoms with Crippen molar-refractivity contribution in [2.24, 2.45) is 11.8 Å². The first-order valence-corrected chi connectivity index (χ1v) is 10.0. The number of benzene rings is 1. The molecule has 1 aromatic carbocycles. The highest BCUT2D eigenvalue weighted by Gasteiger charge is 2.22. The Labute approximate surface area is 169 Å². The van der Waals surface area contributed by atoms with Crippen LogP contribution >= 0.6 is 0 Å². The lowest BCUT2D eigenvalue weighted by molar-refractivity contribution is -0.134. The van der Waals surface area contributed by atoms with Crippen LogP contribution in [0.15, 0.2) is 30.3 Å². The highest BCUT2D eigenvalue weighted by Crippen LogP contribution is 2.16. The predicted octanol–water partition coefficient (Wildman–Crippen LogP) is 2.91. The minimum Gasteiger partial charge on any atom is -0.382 e. The number of amides is 2. The SMILES string of the molecule is COCC(NC(=O)COC(CC(C)C)CC(C)C)C(=O)NCc1ccccc1. The Hall–Kier alpha value is -1.92. The summed E-state index contributed by atoms with van der Waals surface area (Å²) in [7, 11) is 1.50. The van der Waals surface area contributed by atoms with Crippen LogP contribution < -0.4 is 10.6 Å². The number of hydrogen-bond acceptors (Lipinski definition) is 4. The summed E-state index contributed by atoms with van der Waals surface area (Å²) in [6, 6.07) is 8.86. The standard InChI is InChI=1S/C22H36N2O4/c1-16(2)11-19(12-17(3)4)28-15-21(25)24-20(14-27-5)22(26)23-13-18-9-7-6-8-10-18/h6-10,16-17,19-20H,11-15H2,1-5H3,(H,23,26)(H,24,25). The molecule has 6 heteroatoms. The molecule has 1 atom stereocenters. The Balaban J connectivity index is 2.51. The Morgan fingerprint density at radius 2 is 1.61 bits per heavy atom. The largest absolute Gasteiger partial charge is 0.382 e. The quantitative estimate of drug-likeness (QED) is 0.541. The summed E-state index contributed by atoms with van der Waals surface area (Å²) in [5.41, 5.74) is 0.992. The molecule has 0 spiro atoms. The second kappa shape index (κ2) is 13.3. The Morgan fingerprint density at radius 3 is 2.14 bits per heavy atom. The third-order valence-corrected chi connectivity index (χ3v) is 4.21. The van der Waals surface area contributed by atoms with E-state index in [1.165, 1.54) is 7.11 Å². The van der Waals surface area contributed by atoms with Crippen molar-refractivity contribution >= 4 is 11.8 Å². The predicted molar refractivity (Wildman–Crippen MR) is 111 cm³/mol. The summed E-state index contributed by atoms with van der Waals surface area (Å²) in [4.78, 5) is 24.7. The molecule has 1 rings (SSSR count). The highest BCUT2D eigenvalue weighted by atomic mass is 16.5. The molecule has 0 heterocycles. The fraction of sp³-hybridized carbons (Fsp3) is 0.636. The zero-order valence-electron chi connectivity index (χ0n) is 17.9. The van der Waals surface area contributed by atoms with Crippen molar-refractivity contribution < 1.29 is 19.1 Å². The molecular weight excluding hydrogens is 356 g/mol. The third kappa shape index (κ3) is 10.4. The molecule has 0 aliphatic carbocycles. The van der Waals surface area contributed by atoms with E-state index in [4.69, 9.17) is 9.47 Å². The van der Waals surface area contributed by atoms with Gasteiger partial charge in [0, 0.05) is 13.7 Å². The van der Waals surface area contributed by atoms with Crippen LogP contribution in [0.4, 0.5) is 0 Å². The Morgan fingerprint density at radius 1 is 1.00 bits per heavy atom. The molecule has 28 heavy (non-hydrogen) atoms. The monoisotopic (exact) mass is 392 g/mol. The number of carbonyl (C=O) groups excluding carboxylic acids is 2. The molecule has 158 valence electrons. The molecule has 0 aliphatic rings. The van der Waals surface area contributed by atoms with Gasteiger partial charge in [0.15, 0.2) is 0 Å². The van der Waals surface area contributed by atoms with E-state index >= 15 is 0 Å². The van der Waals surface area contributed by atoms with Gasteiger partial charge in [0.1, 0.15) is 12.6 Å². The summed E-state index contributed by atoms with van der Waals surface area (Å²) in [5, 5.41) is 5.55. The van der Waals surface area contributed by atoms with Gasteiger partial charge < -0.3 is 20.1 Å². The normalized spacial score (nSPS) is 12.4. The van der Waals surface area contributed by atoms with E-state index in [-0.39, 0.29) is 31.1 Å². The number of carbonyl (C=O) groups is 2. The highest BCUT2D eigenvalue weighted by molar-refractivity contribution is 5.88. The smallest absolute Gasteiger partial charge is 0.246 e. The van der Waals surface area contributed by atoms with Gasteiger partial charge >= 0.3 is 0 Å². The van der Waals surface area contributed by atoms with E-state index < -0.39 is 6.04 Å². The molecule has 0 aromatic heterocycles. The van der Waals surface area contributed by atoms with Crippen molar-refractivity contribution in [2.45, 2.75) is 59.2 Å². The van der Waals surface area contributed by atoms with Crippen LogP contribution in [0, 0.1) is 11.8 Å². The minimum atomic E-state index is -0.751. The maximum Gasteiger partial charge on any atom is 0.246 e. The van der Waals surface area contributed by atoms with Gasteiger partial charge in [-0.05, 0) is 30.2 Å². The Kier molecular flexibility index (Phi) is 11.4. The molecule has 0 saturated carbocycles. The lowest BCUT2D eigenvalue weighted by Gasteiger charge is -2.22. The molecule has 0 bridgehead atoms. The zero-order chi connectivity index (χ0) is 20.9. The lowest BCUT2D eigenvalue weighted by Crippen LogP contribution is -2.50. The van der Waals surface area contributed by atoms with Crippen LogP contribution in [0.2, 0.25) is 0 Å². The maximum absolute atomic E-state index is 12.4. The average Bonchev–Trinajstić information content (AvgIpc) is 2.64. The molecule has 0 aliphatic heterocycles. The summed E-state index contributed by atoms with van der Waals surface area (Å²) in [6.07, 6.45) is 1.85. The average molecular weight is 393 g/mol. The summed E-state index contributed by atoms with van der Waals surface area (Å²) < 4.78 is 10.9. The van der Waals surface area contributed by atoms with Crippen LogP contribution in [0.1, 0.15) is 46.1 Å². The lowest BCUT2D eigenvalue weighted by atomic mass is 9.98. The molecule has 0 radical (unpaired) electrons. The van der Waals surface area contributed by atoms with Gasteiger partial charge in [-0.2, -0.15) is 0 Å². The summed E-state index contributed by atoms with van der Waals surface area (Å²) in [5.74, 6) is 0.406. The van der Waals surface area contributed by atoms with E-state index in [1.54, 1.807) is 0 Å². The van der Waals surface area contributed by atoms with E-state index in [0.717, 1.165) is 18.4 Å². The molecule has 2 N–H and O–H groups in total. The molecular formula is C22H36N2O4. The molecule has 2 amide bonds. The van der Waals surface area contributed by atoms with Crippen LogP contribution in [-0.2, 0) is 25.6 Å². The van der Waals surface area contributed by atoms with Crippen LogP contribution in [0.25, 0.3) is 0 Å². The molecule has 1 aromatic rings. The topological polar surface area (TPSA) is 76.7 Å². The summed E-state index contributed by atoms with van der Waals surface area (Å²) in [6.45, 7) is 9.01. The number of methoxy groups -OCH3 is 1. The molecule has 6 nitrogen and oxygen atoms in total. The second-order valence-electron chi connectivity index (χ2n) is 7.97. The van der Waals surface area contributed by atoms with Gasteiger partial charge in [0.2, 0.25) is 11.8 Å². The number of nitrogens with one attached hydrogen (secondary N) is 2. The van der Waals surface area contributed by atoms with E-state index in [0.29, 0.717) is 18.4 Å². The van der Waals surface area contributed by atoms with Gasteiger partial charge in [-0.15, -0.1) is 0 Å². The molecule has 0 saturated heterocycles. The third-order valence-electron chi connectivity index (χ3n) is 4.21. The van der Waals surface area contributed by atoms with Crippen molar-refractivity contribution in [3.8, 4) is 0 Å². The van der Waals surface area contributed by atoms with Crippen molar-refractivity contribution in [3.05, 3.63) is 35.9 Å². The van der Waals surface area contributed by atoms with Gasteiger partial charge in [-0.3, -0.25) is 9.59 Å². The van der Waals surface area contributed by atoms with Crippen LogP contribution in [0.3, 0.4) is 0 Å². The zero-order valence-corrected chi connectivity index (χ0v) is 17.9. The van der Waals surface area contributed by atoms with Gasteiger partial charge in [-0.25, -0.2) is 0 Å². The first kappa shape index (κ1) is 24.1. The van der Waals surface area contributed by atoms with Crippen molar-refractivity contribution in [2.75, 3.05) is 20.3 Å². The molecule has 0 fully saturated rings. The van der Waals surface area contributed by atoms with Gasteiger partial charge in [-0.1, -0.05) is 58.0 Å². The van der Waals surface area contributed by atoms with E-state index in [9.17, 15) is 9.59 Å². The number of hydrogen-bond donors (Lipinski definition) is 2. The van der Waals surface area contributed by atoms with Crippen molar-refractivity contribution in [3.63, 3.8) is 0 Å². The van der Waals surface area contributed by atoms with Crippen molar-refractivity contribution in [1.29, 1.82) is 0 Å². The van der Waals surface area contributed by atoms with E-state index in [1.807, 2.05) is 30.3 Å². The number of ether oxygens (including phenoxy) is 2. The Bertz CT molecular complexity index is 565. The fourth-order valence-electron chi connectivity index (χ4n) is 2.97. The number of rotatable bonds is 13. The maximum atomic E-state index is 12.4. The first-order valence-electron chi connectivity index (χ1n) is 10.0. The molecule has 1 unspecified atom stereocenters.